The van der Waals surface area contributed by atoms with E-state index in [1.165, 1.54) is 18.2 Å². The average Bonchev–Trinajstić information content (AvgIpc) is 2.58. The third kappa shape index (κ3) is 6.43. The standard InChI is InChI=1S/C18H27FN4O2/c1-3-22-8-10-23(11-9-22)13-18(25)20-7-6-17(24)21-16-5-4-15(19)12-14(16)2/h4-5,12H,3,6-11,13H2,1-2H3,(H,20,25)(H,21,24). The zero-order valence-electron chi connectivity index (χ0n) is 15.0. The molecule has 1 aromatic carbocycles. The Morgan fingerprint density at radius 2 is 1.80 bits per heavy atom. The Morgan fingerprint density at radius 3 is 2.44 bits per heavy atom. The van der Waals surface area contributed by atoms with Gasteiger partial charge < -0.3 is 15.5 Å². The Bertz CT molecular complexity index is 601. The molecule has 0 saturated carbocycles. The van der Waals surface area contributed by atoms with Crippen LogP contribution in [-0.4, -0.2) is 67.4 Å². The molecule has 6 nitrogen and oxygen atoms in total. The summed E-state index contributed by atoms with van der Waals surface area (Å²) >= 11 is 0. The van der Waals surface area contributed by atoms with Gasteiger partial charge in [0.05, 0.1) is 6.54 Å². The summed E-state index contributed by atoms with van der Waals surface area (Å²) in [6.07, 6.45) is 0.187. The van der Waals surface area contributed by atoms with Crippen LogP contribution in [0.1, 0.15) is 18.9 Å². The number of likely N-dealkylation sites (N-methyl/N-ethyl adjacent to an activating group) is 1. The SMILES string of the molecule is CCN1CCN(CC(=O)NCCC(=O)Nc2ccc(F)cc2C)CC1. The highest BCUT2D eigenvalue weighted by Gasteiger charge is 2.17. The summed E-state index contributed by atoms with van der Waals surface area (Å²) in [5.41, 5.74) is 1.26. The first-order valence-electron chi connectivity index (χ1n) is 8.75. The lowest BCUT2D eigenvalue weighted by atomic mass is 10.2. The summed E-state index contributed by atoms with van der Waals surface area (Å²) in [5, 5.41) is 5.51. The number of carbonyl (C=O) groups is 2. The van der Waals surface area contributed by atoms with Crippen LogP contribution < -0.4 is 10.6 Å². The molecule has 0 unspecified atom stereocenters. The first-order chi connectivity index (χ1) is 12.0. The van der Waals surface area contributed by atoms with Crippen LogP contribution in [0.5, 0.6) is 0 Å². The van der Waals surface area contributed by atoms with Crippen molar-refractivity contribution >= 4 is 17.5 Å². The third-order valence-electron chi connectivity index (χ3n) is 4.42. The summed E-state index contributed by atoms with van der Waals surface area (Å²) in [6.45, 7) is 9.35. The van der Waals surface area contributed by atoms with Gasteiger partial charge in [-0.1, -0.05) is 6.92 Å². The number of halogens is 1. The van der Waals surface area contributed by atoms with E-state index in [-0.39, 0.29) is 24.1 Å². The van der Waals surface area contributed by atoms with E-state index in [4.69, 9.17) is 0 Å². The van der Waals surface area contributed by atoms with Crippen molar-refractivity contribution in [3.8, 4) is 0 Å². The van der Waals surface area contributed by atoms with Gasteiger partial charge in [-0.05, 0) is 37.2 Å². The monoisotopic (exact) mass is 350 g/mol. The van der Waals surface area contributed by atoms with E-state index in [1.807, 2.05) is 0 Å². The quantitative estimate of drug-likeness (QED) is 0.776. The second kappa shape index (κ2) is 9.48. The minimum absolute atomic E-state index is 0.0595. The fourth-order valence-electron chi connectivity index (χ4n) is 2.82. The Labute approximate surface area is 148 Å². The molecule has 1 saturated heterocycles. The number of aryl methyl sites for hydroxylation is 1. The molecular formula is C18H27FN4O2. The molecule has 0 spiro atoms. The predicted octanol–water partition coefficient (Wildman–Crippen LogP) is 1.22. The topological polar surface area (TPSA) is 64.7 Å². The number of hydrogen-bond donors (Lipinski definition) is 2. The van der Waals surface area contributed by atoms with Crippen molar-refractivity contribution in [3.63, 3.8) is 0 Å². The van der Waals surface area contributed by atoms with Gasteiger partial charge in [-0.15, -0.1) is 0 Å². The Balaban J connectivity index is 1.64. The van der Waals surface area contributed by atoms with Gasteiger partial charge in [0.15, 0.2) is 0 Å². The van der Waals surface area contributed by atoms with Crippen LogP contribution in [0.4, 0.5) is 10.1 Å². The number of carbonyl (C=O) groups excluding carboxylic acids is 2. The highest BCUT2D eigenvalue weighted by molar-refractivity contribution is 5.91. The van der Waals surface area contributed by atoms with E-state index < -0.39 is 0 Å². The molecule has 0 bridgehead atoms. The van der Waals surface area contributed by atoms with E-state index in [0.29, 0.717) is 24.3 Å². The zero-order chi connectivity index (χ0) is 18.2. The van der Waals surface area contributed by atoms with Crippen molar-refractivity contribution in [3.05, 3.63) is 29.6 Å². The summed E-state index contributed by atoms with van der Waals surface area (Å²) < 4.78 is 13.0. The molecule has 2 N–H and O–H groups in total. The molecule has 1 aromatic rings. The first kappa shape index (κ1) is 19.3. The smallest absolute Gasteiger partial charge is 0.234 e. The van der Waals surface area contributed by atoms with Gasteiger partial charge in [-0.3, -0.25) is 14.5 Å². The lowest BCUT2D eigenvalue weighted by Gasteiger charge is -2.33. The van der Waals surface area contributed by atoms with Crippen molar-refractivity contribution in [1.29, 1.82) is 0 Å². The summed E-state index contributed by atoms with van der Waals surface area (Å²) in [6, 6.07) is 4.22. The summed E-state index contributed by atoms with van der Waals surface area (Å²) in [4.78, 5) is 28.4. The molecule has 7 heteroatoms. The normalized spacial score (nSPS) is 15.8. The molecule has 0 aromatic heterocycles. The van der Waals surface area contributed by atoms with Crippen LogP contribution in [0.15, 0.2) is 18.2 Å². The number of nitrogens with one attached hydrogen (secondary N) is 2. The fourth-order valence-corrected chi connectivity index (χ4v) is 2.82. The summed E-state index contributed by atoms with van der Waals surface area (Å²) in [5.74, 6) is -0.593. The van der Waals surface area contributed by atoms with Gasteiger partial charge in [0.25, 0.3) is 0 Å². The summed E-state index contributed by atoms with van der Waals surface area (Å²) in [7, 11) is 0. The molecule has 0 atom stereocenters. The zero-order valence-corrected chi connectivity index (χ0v) is 15.0. The molecule has 0 radical (unpaired) electrons. The van der Waals surface area contributed by atoms with Crippen molar-refractivity contribution in [2.75, 3.05) is 51.1 Å². The number of amides is 2. The van der Waals surface area contributed by atoms with Crippen molar-refractivity contribution in [2.45, 2.75) is 20.3 Å². The molecule has 25 heavy (non-hydrogen) atoms. The number of nitrogens with zero attached hydrogens (tertiary/aromatic N) is 2. The molecule has 1 heterocycles. The lowest BCUT2D eigenvalue weighted by molar-refractivity contribution is -0.122. The van der Waals surface area contributed by atoms with Gasteiger partial charge in [0, 0.05) is 44.8 Å². The molecule has 1 aliphatic rings. The molecule has 2 rings (SSSR count). The lowest BCUT2D eigenvalue weighted by Crippen LogP contribution is -2.49. The first-order valence-corrected chi connectivity index (χ1v) is 8.75. The number of hydrogen-bond acceptors (Lipinski definition) is 4. The van der Waals surface area contributed by atoms with Crippen molar-refractivity contribution < 1.29 is 14.0 Å². The maximum atomic E-state index is 13.0. The maximum Gasteiger partial charge on any atom is 0.234 e. The van der Waals surface area contributed by atoms with Gasteiger partial charge in [-0.2, -0.15) is 0 Å². The maximum absolute atomic E-state index is 13.0. The minimum Gasteiger partial charge on any atom is -0.354 e. The van der Waals surface area contributed by atoms with Gasteiger partial charge >= 0.3 is 0 Å². The second-order valence-corrected chi connectivity index (χ2v) is 6.32. The van der Waals surface area contributed by atoms with E-state index in [1.54, 1.807) is 6.92 Å². The number of benzene rings is 1. The fraction of sp³-hybridized carbons (Fsp3) is 0.556. The highest BCUT2D eigenvalue weighted by Crippen LogP contribution is 2.15. The molecule has 1 fully saturated rings. The predicted molar refractivity (Wildman–Crippen MR) is 95.9 cm³/mol. The van der Waals surface area contributed by atoms with Crippen LogP contribution in [0.2, 0.25) is 0 Å². The number of rotatable bonds is 7. The van der Waals surface area contributed by atoms with Crippen LogP contribution in [0, 0.1) is 12.7 Å². The van der Waals surface area contributed by atoms with Crippen LogP contribution in [0.25, 0.3) is 0 Å². The second-order valence-electron chi connectivity index (χ2n) is 6.32. The Hall–Kier alpha value is -1.99. The van der Waals surface area contributed by atoms with Gasteiger partial charge in [-0.25, -0.2) is 4.39 Å². The van der Waals surface area contributed by atoms with Gasteiger partial charge in [0.2, 0.25) is 11.8 Å². The minimum atomic E-state index is -0.331. The van der Waals surface area contributed by atoms with Crippen molar-refractivity contribution in [1.82, 2.24) is 15.1 Å². The third-order valence-corrected chi connectivity index (χ3v) is 4.42. The van der Waals surface area contributed by atoms with Crippen LogP contribution >= 0.6 is 0 Å². The molecule has 2 amide bonds. The van der Waals surface area contributed by atoms with E-state index in [0.717, 1.165) is 32.7 Å². The Morgan fingerprint density at radius 1 is 1.12 bits per heavy atom. The van der Waals surface area contributed by atoms with Crippen LogP contribution in [-0.2, 0) is 9.59 Å². The highest BCUT2D eigenvalue weighted by atomic mass is 19.1. The molecule has 1 aliphatic heterocycles. The van der Waals surface area contributed by atoms with E-state index in [2.05, 4.69) is 27.4 Å². The van der Waals surface area contributed by atoms with Gasteiger partial charge in [0.1, 0.15) is 5.82 Å². The van der Waals surface area contributed by atoms with Crippen LogP contribution in [0.3, 0.4) is 0 Å². The average molecular weight is 350 g/mol. The van der Waals surface area contributed by atoms with E-state index >= 15 is 0 Å². The van der Waals surface area contributed by atoms with Crippen molar-refractivity contribution in [2.24, 2.45) is 0 Å². The number of piperazine rings is 1. The largest absolute Gasteiger partial charge is 0.354 e. The Kier molecular flexibility index (Phi) is 7.33. The molecular weight excluding hydrogens is 323 g/mol. The van der Waals surface area contributed by atoms with E-state index in [9.17, 15) is 14.0 Å². The number of anilines is 1. The molecule has 0 aliphatic carbocycles. The molecule has 138 valence electrons.